The predicted octanol–water partition coefficient (Wildman–Crippen LogP) is 6.32. The number of fused-ring (bicyclic) bond motifs is 4. The molecule has 2 saturated heterocycles. The maximum absolute atomic E-state index is 14.2. The summed E-state index contributed by atoms with van der Waals surface area (Å²) in [6, 6.07) is 21.2. The number of likely N-dealkylation sites (tertiary alicyclic amines) is 1. The Balaban J connectivity index is 1.16. The van der Waals surface area contributed by atoms with Gasteiger partial charge in [0.2, 0.25) is 0 Å². The van der Waals surface area contributed by atoms with E-state index in [0.29, 0.717) is 60.9 Å². The highest BCUT2D eigenvalue weighted by Gasteiger charge is 2.38. The summed E-state index contributed by atoms with van der Waals surface area (Å²) in [5, 5.41) is 2.52. The van der Waals surface area contributed by atoms with E-state index in [0.717, 1.165) is 28.7 Å². The van der Waals surface area contributed by atoms with Crippen LogP contribution in [0.2, 0.25) is 5.02 Å². The second-order valence-electron chi connectivity index (χ2n) is 13.3. The van der Waals surface area contributed by atoms with E-state index in [1.807, 2.05) is 50.0 Å². The van der Waals surface area contributed by atoms with Gasteiger partial charge in [0, 0.05) is 25.6 Å². The summed E-state index contributed by atoms with van der Waals surface area (Å²) in [4.78, 5) is 49.1. The maximum Gasteiger partial charge on any atom is 0.410 e. The summed E-state index contributed by atoms with van der Waals surface area (Å²) in [5.74, 6) is 0.397. The van der Waals surface area contributed by atoms with Crippen molar-refractivity contribution in [2.75, 3.05) is 44.3 Å². The van der Waals surface area contributed by atoms with Gasteiger partial charge in [-0.25, -0.2) is 19.2 Å². The van der Waals surface area contributed by atoms with E-state index < -0.39 is 17.7 Å². The summed E-state index contributed by atoms with van der Waals surface area (Å²) >= 11 is 6.54. The van der Waals surface area contributed by atoms with Crippen molar-refractivity contribution in [2.24, 2.45) is 0 Å². The van der Waals surface area contributed by atoms with Crippen molar-refractivity contribution in [3.63, 3.8) is 0 Å². The molecule has 0 saturated carbocycles. The van der Waals surface area contributed by atoms with Crippen molar-refractivity contribution in [2.45, 2.75) is 51.2 Å². The highest BCUT2D eigenvalue weighted by Crippen LogP contribution is 2.44. The van der Waals surface area contributed by atoms with Gasteiger partial charge in [-0.1, -0.05) is 66.2 Å². The standard InChI is InChI=1S/C36H38ClN5O5/c1-36(2,3)47-34(44)39-18-20-40(21-19-39)42-32(38-29-15-8-14-28(37)31(29)33(42)43)30-16-9-17-41(30)35(45)46-22-27-25-12-6-4-10-23(25)24-11-5-7-13-26(24)27/h4-8,10-15,27,30H,9,16-22H2,1-3H3/t30-/m0/s1. The minimum Gasteiger partial charge on any atom is -0.448 e. The molecular weight excluding hydrogens is 618 g/mol. The highest BCUT2D eigenvalue weighted by atomic mass is 35.5. The van der Waals surface area contributed by atoms with E-state index in [2.05, 4.69) is 24.3 Å². The SMILES string of the molecule is CC(C)(C)OC(=O)N1CCN(n2c([C@@H]3CCCN3C(=O)OCC3c4ccccc4-c4ccccc43)nc3cccc(Cl)c3c2=O)CC1. The van der Waals surface area contributed by atoms with Crippen LogP contribution in [0.1, 0.15) is 62.5 Å². The van der Waals surface area contributed by atoms with Crippen LogP contribution in [0.25, 0.3) is 22.0 Å². The zero-order chi connectivity index (χ0) is 32.9. The second kappa shape index (κ2) is 12.2. The first-order valence-corrected chi connectivity index (χ1v) is 16.5. The average molecular weight is 656 g/mol. The molecule has 0 bridgehead atoms. The van der Waals surface area contributed by atoms with Gasteiger partial charge in [0.25, 0.3) is 5.56 Å². The quantitative estimate of drug-likeness (QED) is 0.254. The molecule has 1 atom stereocenters. The van der Waals surface area contributed by atoms with Gasteiger partial charge in [0.1, 0.15) is 12.2 Å². The Kier molecular flexibility index (Phi) is 8.08. The molecule has 0 radical (unpaired) electrons. The molecule has 4 aromatic rings. The molecule has 10 nitrogen and oxygen atoms in total. The van der Waals surface area contributed by atoms with Crippen LogP contribution in [0.5, 0.6) is 0 Å². The fourth-order valence-corrected chi connectivity index (χ4v) is 7.27. The van der Waals surface area contributed by atoms with E-state index in [4.69, 9.17) is 26.1 Å². The van der Waals surface area contributed by atoms with Crippen molar-refractivity contribution in [3.8, 4) is 11.1 Å². The van der Waals surface area contributed by atoms with E-state index >= 15 is 0 Å². The number of aromatic nitrogens is 2. The summed E-state index contributed by atoms with van der Waals surface area (Å²) in [7, 11) is 0. The van der Waals surface area contributed by atoms with Gasteiger partial charge in [-0.3, -0.25) is 9.69 Å². The normalized spacial score (nSPS) is 18.0. The Labute approximate surface area is 278 Å². The Morgan fingerprint density at radius 2 is 1.53 bits per heavy atom. The van der Waals surface area contributed by atoms with Gasteiger partial charge >= 0.3 is 12.2 Å². The molecular formula is C36H38ClN5O5. The zero-order valence-electron chi connectivity index (χ0n) is 26.8. The molecule has 3 aliphatic rings. The minimum atomic E-state index is -0.609. The first-order valence-electron chi connectivity index (χ1n) is 16.2. The van der Waals surface area contributed by atoms with E-state index in [1.54, 1.807) is 32.7 Å². The van der Waals surface area contributed by atoms with E-state index in [-0.39, 0.29) is 24.2 Å². The number of amides is 2. The number of carbonyl (C=O) groups is 2. The Bertz CT molecular complexity index is 1870. The van der Waals surface area contributed by atoms with Gasteiger partial charge in [-0.05, 0) is 68.0 Å². The highest BCUT2D eigenvalue weighted by molar-refractivity contribution is 6.35. The molecule has 3 heterocycles. The monoisotopic (exact) mass is 655 g/mol. The van der Waals surface area contributed by atoms with Gasteiger partial charge in [-0.15, -0.1) is 0 Å². The maximum atomic E-state index is 14.2. The minimum absolute atomic E-state index is 0.0622. The number of rotatable bonds is 4. The number of carbonyl (C=O) groups excluding carboxylic acids is 2. The predicted molar refractivity (Wildman–Crippen MR) is 181 cm³/mol. The Morgan fingerprint density at radius 3 is 2.19 bits per heavy atom. The van der Waals surface area contributed by atoms with E-state index in [9.17, 15) is 14.4 Å². The van der Waals surface area contributed by atoms with Crippen LogP contribution >= 0.6 is 11.6 Å². The smallest absolute Gasteiger partial charge is 0.410 e. The van der Waals surface area contributed by atoms with Crippen LogP contribution in [-0.2, 0) is 9.47 Å². The Morgan fingerprint density at radius 1 is 0.872 bits per heavy atom. The third-order valence-electron chi connectivity index (χ3n) is 9.16. The lowest BCUT2D eigenvalue weighted by atomic mass is 9.98. The van der Waals surface area contributed by atoms with Gasteiger partial charge in [0.05, 0.1) is 35.1 Å². The topological polar surface area (TPSA) is 97.2 Å². The molecule has 2 amide bonds. The van der Waals surface area contributed by atoms with Gasteiger partial charge < -0.3 is 19.4 Å². The number of ether oxygens (including phenoxy) is 2. The molecule has 3 aromatic carbocycles. The molecule has 11 heteroatoms. The first kappa shape index (κ1) is 31.1. The summed E-state index contributed by atoms with van der Waals surface area (Å²) in [6.07, 6.45) is 0.545. The van der Waals surface area contributed by atoms with Crippen molar-refractivity contribution < 1.29 is 19.1 Å². The lowest BCUT2D eigenvalue weighted by Crippen LogP contribution is -2.57. The van der Waals surface area contributed by atoms with Crippen LogP contribution in [0, 0.1) is 0 Å². The molecule has 0 unspecified atom stereocenters. The third-order valence-corrected chi connectivity index (χ3v) is 9.48. The van der Waals surface area contributed by atoms with Crippen molar-refractivity contribution in [3.05, 3.63) is 99.1 Å². The van der Waals surface area contributed by atoms with Crippen LogP contribution < -0.4 is 10.6 Å². The number of nitrogens with zero attached hydrogens (tertiary/aromatic N) is 5. The van der Waals surface area contributed by atoms with E-state index in [1.165, 1.54) is 0 Å². The van der Waals surface area contributed by atoms with Crippen LogP contribution in [0.3, 0.4) is 0 Å². The fourth-order valence-electron chi connectivity index (χ4n) is 7.02. The van der Waals surface area contributed by atoms with Gasteiger partial charge in [0.15, 0.2) is 5.82 Å². The molecule has 7 rings (SSSR count). The molecule has 1 aliphatic carbocycles. The number of hydrogen-bond acceptors (Lipinski definition) is 7. The lowest BCUT2D eigenvalue weighted by Gasteiger charge is -2.39. The number of halogens is 1. The largest absolute Gasteiger partial charge is 0.448 e. The molecule has 0 spiro atoms. The average Bonchev–Trinajstić information content (AvgIpc) is 3.66. The number of piperazine rings is 1. The number of benzene rings is 3. The van der Waals surface area contributed by atoms with Crippen molar-refractivity contribution in [1.29, 1.82) is 0 Å². The zero-order valence-corrected chi connectivity index (χ0v) is 27.6. The molecule has 1 aromatic heterocycles. The molecule has 2 fully saturated rings. The third kappa shape index (κ3) is 5.79. The Hall–Kier alpha value is -4.57. The summed E-state index contributed by atoms with van der Waals surface area (Å²) < 4.78 is 13.2. The van der Waals surface area contributed by atoms with Crippen LogP contribution in [0.4, 0.5) is 9.59 Å². The molecule has 47 heavy (non-hydrogen) atoms. The first-order chi connectivity index (χ1) is 22.6. The lowest BCUT2D eigenvalue weighted by molar-refractivity contribution is 0.0230. The summed E-state index contributed by atoms with van der Waals surface area (Å²) in [5.41, 5.74) is 4.18. The van der Waals surface area contributed by atoms with Crippen molar-refractivity contribution >= 4 is 34.7 Å². The molecule has 0 N–H and O–H groups in total. The molecule has 2 aliphatic heterocycles. The molecule has 244 valence electrons. The van der Waals surface area contributed by atoms with Crippen LogP contribution in [-0.4, -0.2) is 76.6 Å². The van der Waals surface area contributed by atoms with Crippen molar-refractivity contribution in [1.82, 2.24) is 19.5 Å². The van der Waals surface area contributed by atoms with Gasteiger partial charge in [-0.2, -0.15) is 0 Å². The second-order valence-corrected chi connectivity index (χ2v) is 13.7. The summed E-state index contributed by atoms with van der Waals surface area (Å²) in [6.45, 7) is 7.67. The van der Waals surface area contributed by atoms with Crippen LogP contribution in [0.15, 0.2) is 71.5 Å². The fraction of sp³-hybridized carbons (Fsp3) is 0.389. The number of hydrogen-bond donors (Lipinski definition) is 0.